The largest absolute Gasteiger partial charge is 0.378 e. The van der Waals surface area contributed by atoms with Crippen molar-refractivity contribution in [2.45, 2.75) is 13.3 Å². The number of benzene rings is 2. The molecule has 0 aliphatic heterocycles. The minimum Gasteiger partial charge on any atom is -0.378 e. The monoisotopic (exact) mass is 360 g/mol. The van der Waals surface area contributed by atoms with E-state index in [2.05, 4.69) is 20.5 Å². The first-order valence-electron chi connectivity index (χ1n) is 8.86. The van der Waals surface area contributed by atoms with Crippen molar-refractivity contribution in [3.8, 4) is 0 Å². The Hall–Kier alpha value is -3.34. The van der Waals surface area contributed by atoms with Gasteiger partial charge in [0.1, 0.15) is 5.82 Å². The number of amides is 1. The highest BCUT2D eigenvalue weighted by Gasteiger charge is 2.06. The Morgan fingerprint density at radius 2 is 1.67 bits per heavy atom. The number of aryl methyl sites for hydroxylation is 1. The van der Waals surface area contributed by atoms with Crippen LogP contribution in [-0.2, 0) is 11.2 Å². The van der Waals surface area contributed by atoms with Crippen LogP contribution in [0.2, 0.25) is 0 Å². The molecule has 0 saturated heterocycles. The molecule has 27 heavy (non-hydrogen) atoms. The summed E-state index contributed by atoms with van der Waals surface area (Å²) in [6, 6.07) is 19.7. The van der Waals surface area contributed by atoms with Gasteiger partial charge in [0.05, 0.1) is 18.3 Å². The molecule has 0 radical (unpaired) electrons. The van der Waals surface area contributed by atoms with E-state index in [0.717, 1.165) is 28.3 Å². The van der Waals surface area contributed by atoms with Crippen molar-refractivity contribution in [2.75, 3.05) is 29.6 Å². The number of anilines is 4. The maximum absolute atomic E-state index is 12.2. The Kier molecular flexibility index (Phi) is 5.71. The van der Waals surface area contributed by atoms with Crippen LogP contribution in [0, 0.1) is 6.92 Å². The summed E-state index contributed by atoms with van der Waals surface area (Å²) in [7, 11) is 4.02. The molecule has 1 heterocycles. The average Bonchev–Trinajstić information content (AvgIpc) is 2.66. The normalized spacial score (nSPS) is 10.3. The van der Waals surface area contributed by atoms with Gasteiger partial charge in [0.2, 0.25) is 5.91 Å². The van der Waals surface area contributed by atoms with Gasteiger partial charge in [-0.25, -0.2) is 4.98 Å². The van der Waals surface area contributed by atoms with E-state index >= 15 is 0 Å². The van der Waals surface area contributed by atoms with Crippen molar-refractivity contribution in [3.63, 3.8) is 0 Å². The van der Waals surface area contributed by atoms with E-state index in [4.69, 9.17) is 0 Å². The fraction of sp³-hybridized carbons (Fsp3) is 0.182. The molecule has 0 aliphatic carbocycles. The van der Waals surface area contributed by atoms with E-state index < -0.39 is 0 Å². The highest BCUT2D eigenvalue weighted by molar-refractivity contribution is 5.92. The standard InChI is InChI=1S/C22H24N4O/c1-16-6-4-5-7-17(16)14-22(27)25-19-10-13-21(23-15-19)24-18-8-11-20(12-9-18)26(2)3/h4-13,15H,14H2,1-3H3,(H,23,24)(H,25,27). The number of rotatable bonds is 6. The second-order valence-corrected chi connectivity index (χ2v) is 6.65. The SMILES string of the molecule is Cc1ccccc1CC(=O)Nc1ccc(Nc2ccc(N(C)C)cc2)nc1. The minimum atomic E-state index is -0.0499. The van der Waals surface area contributed by atoms with Gasteiger partial charge in [-0.3, -0.25) is 4.79 Å². The van der Waals surface area contributed by atoms with Crippen molar-refractivity contribution in [1.82, 2.24) is 4.98 Å². The van der Waals surface area contributed by atoms with Gasteiger partial charge in [-0.2, -0.15) is 0 Å². The van der Waals surface area contributed by atoms with Crippen LogP contribution in [0.4, 0.5) is 22.9 Å². The smallest absolute Gasteiger partial charge is 0.228 e. The summed E-state index contributed by atoms with van der Waals surface area (Å²) in [6.07, 6.45) is 2.01. The molecule has 0 aliphatic rings. The lowest BCUT2D eigenvalue weighted by Gasteiger charge is -2.13. The molecule has 0 bridgehead atoms. The number of carbonyl (C=O) groups excluding carboxylic acids is 1. The maximum atomic E-state index is 12.2. The summed E-state index contributed by atoms with van der Waals surface area (Å²) in [5.41, 5.74) is 4.93. The molecule has 0 saturated carbocycles. The molecule has 0 spiro atoms. The molecule has 1 aromatic heterocycles. The molecular formula is C22H24N4O. The van der Waals surface area contributed by atoms with Gasteiger partial charge in [-0.15, -0.1) is 0 Å². The van der Waals surface area contributed by atoms with Gasteiger partial charge < -0.3 is 15.5 Å². The van der Waals surface area contributed by atoms with Crippen LogP contribution in [0.1, 0.15) is 11.1 Å². The number of pyridine rings is 1. The average molecular weight is 360 g/mol. The van der Waals surface area contributed by atoms with E-state index in [-0.39, 0.29) is 5.91 Å². The lowest BCUT2D eigenvalue weighted by Crippen LogP contribution is -2.15. The molecule has 0 unspecified atom stereocenters. The first kappa shape index (κ1) is 18.5. The van der Waals surface area contributed by atoms with Gasteiger partial charge in [0.25, 0.3) is 0 Å². The van der Waals surface area contributed by atoms with Crippen molar-refractivity contribution in [3.05, 3.63) is 78.0 Å². The number of nitrogens with one attached hydrogen (secondary N) is 2. The van der Waals surface area contributed by atoms with Crippen LogP contribution in [0.25, 0.3) is 0 Å². The van der Waals surface area contributed by atoms with Crippen LogP contribution < -0.4 is 15.5 Å². The Bertz CT molecular complexity index is 902. The lowest BCUT2D eigenvalue weighted by molar-refractivity contribution is -0.115. The number of nitrogens with zero attached hydrogens (tertiary/aromatic N) is 2. The zero-order valence-corrected chi connectivity index (χ0v) is 15.9. The second-order valence-electron chi connectivity index (χ2n) is 6.65. The third-order valence-corrected chi connectivity index (χ3v) is 4.32. The lowest BCUT2D eigenvalue weighted by atomic mass is 10.1. The van der Waals surface area contributed by atoms with Crippen molar-refractivity contribution < 1.29 is 4.79 Å². The summed E-state index contributed by atoms with van der Waals surface area (Å²) in [4.78, 5) is 18.7. The molecule has 0 atom stereocenters. The predicted molar refractivity (Wildman–Crippen MR) is 112 cm³/mol. The first-order valence-corrected chi connectivity index (χ1v) is 8.86. The van der Waals surface area contributed by atoms with E-state index in [1.807, 2.05) is 81.7 Å². The molecule has 3 rings (SSSR count). The minimum absolute atomic E-state index is 0.0499. The van der Waals surface area contributed by atoms with E-state index in [1.54, 1.807) is 6.20 Å². The number of aromatic nitrogens is 1. The molecule has 5 heteroatoms. The quantitative estimate of drug-likeness (QED) is 0.685. The van der Waals surface area contributed by atoms with Crippen LogP contribution >= 0.6 is 0 Å². The summed E-state index contributed by atoms with van der Waals surface area (Å²) >= 11 is 0. The van der Waals surface area contributed by atoms with Crippen molar-refractivity contribution >= 4 is 28.8 Å². The van der Waals surface area contributed by atoms with Gasteiger partial charge >= 0.3 is 0 Å². The van der Waals surface area contributed by atoms with Gasteiger partial charge in [-0.1, -0.05) is 24.3 Å². The van der Waals surface area contributed by atoms with Crippen LogP contribution in [0.3, 0.4) is 0 Å². The van der Waals surface area contributed by atoms with Gasteiger partial charge in [0, 0.05) is 25.5 Å². The van der Waals surface area contributed by atoms with E-state index in [1.165, 1.54) is 0 Å². The predicted octanol–water partition coefficient (Wildman–Crippen LogP) is 4.38. The zero-order chi connectivity index (χ0) is 19.2. The van der Waals surface area contributed by atoms with Crippen LogP contribution in [-0.4, -0.2) is 25.0 Å². The van der Waals surface area contributed by atoms with Crippen molar-refractivity contribution in [2.24, 2.45) is 0 Å². The van der Waals surface area contributed by atoms with E-state index in [0.29, 0.717) is 12.1 Å². The molecular weight excluding hydrogens is 336 g/mol. The van der Waals surface area contributed by atoms with Gasteiger partial charge in [0.15, 0.2) is 0 Å². The maximum Gasteiger partial charge on any atom is 0.228 e. The molecule has 3 aromatic rings. The highest BCUT2D eigenvalue weighted by atomic mass is 16.1. The molecule has 2 N–H and O–H groups in total. The zero-order valence-electron chi connectivity index (χ0n) is 15.9. The summed E-state index contributed by atoms with van der Waals surface area (Å²) in [5.74, 6) is 0.676. The summed E-state index contributed by atoms with van der Waals surface area (Å²) in [5, 5.41) is 6.15. The fourth-order valence-electron chi connectivity index (χ4n) is 2.72. The molecule has 0 fully saturated rings. The Morgan fingerprint density at radius 1 is 0.963 bits per heavy atom. The number of hydrogen-bond acceptors (Lipinski definition) is 4. The molecule has 5 nitrogen and oxygen atoms in total. The molecule has 2 aromatic carbocycles. The van der Waals surface area contributed by atoms with Gasteiger partial charge in [-0.05, 0) is 54.4 Å². The van der Waals surface area contributed by atoms with E-state index in [9.17, 15) is 4.79 Å². The Morgan fingerprint density at radius 3 is 2.30 bits per heavy atom. The molecule has 138 valence electrons. The second kappa shape index (κ2) is 8.36. The third-order valence-electron chi connectivity index (χ3n) is 4.32. The Balaban J connectivity index is 1.58. The summed E-state index contributed by atoms with van der Waals surface area (Å²) in [6.45, 7) is 2.01. The highest BCUT2D eigenvalue weighted by Crippen LogP contribution is 2.20. The van der Waals surface area contributed by atoms with Crippen molar-refractivity contribution in [1.29, 1.82) is 0 Å². The fourth-order valence-corrected chi connectivity index (χ4v) is 2.72. The Labute approximate surface area is 160 Å². The summed E-state index contributed by atoms with van der Waals surface area (Å²) < 4.78 is 0. The van der Waals surface area contributed by atoms with Crippen LogP contribution in [0.15, 0.2) is 66.9 Å². The molecule has 1 amide bonds. The first-order chi connectivity index (χ1) is 13.0. The number of carbonyl (C=O) groups is 1. The third kappa shape index (κ3) is 5.07. The number of hydrogen-bond donors (Lipinski definition) is 2. The van der Waals surface area contributed by atoms with Crippen LogP contribution in [0.5, 0.6) is 0 Å². The topological polar surface area (TPSA) is 57.3 Å².